The molecule has 1 aromatic rings. The second-order valence-corrected chi connectivity index (χ2v) is 5.29. The smallest absolute Gasteiger partial charge is 0.259 e. The van der Waals surface area contributed by atoms with Gasteiger partial charge in [-0.3, -0.25) is 9.89 Å². The van der Waals surface area contributed by atoms with Crippen molar-refractivity contribution in [1.29, 1.82) is 0 Å². The van der Waals surface area contributed by atoms with Gasteiger partial charge in [-0.1, -0.05) is 6.92 Å². The highest BCUT2D eigenvalue weighted by Crippen LogP contribution is 2.20. The quantitative estimate of drug-likeness (QED) is 0.831. The van der Waals surface area contributed by atoms with Gasteiger partial charge in [0.1, 0.15) is 5.56 Å². The summed E-state index contributed by atoms with van der Waals surface area (Å²) in [5, 5.41) is 6.70. The van der Waals surface area contributed by atoms with Crippen LogP contribution < -0.4 is 5.73 Å². The fraction of sp³-hybridized carbons (Fsp3) is 0.692. The number of nitrogens with one attached hydrogen (secondary N) is 1. The summed E-state index contributed by atoms with van der Waals surface area (Å²) in [6.07, 6.45) is 1.95. The molecule has 1 unspecified atom stereocenters. The first kappa shape index (κ1) is 13.9. The number of H-pyrrole nitrogens is 1. The van der Waals surface area contributed by atoms with E-state index in [4.69, 9.17) is 5.73 Å². The van der Waals surface area contributed by atoms with E-state index in [9.17, 15) is 4.79 Å². The summed E-state index contributed by atoms with van der Waals surface area (Å²) in [5.41, 5.74) is 7.08. The number of nitrogens with zero attached hydrogens (tertiary/aromatic N) is 3. The lowest BCUT2D eigenvalue weighted by Gasteiger charge is -2.30. The van der Waals surface area contributed by atoms with Crippen molar-refractivity contribution in [2.75, 3.05) is 32.4 Å². The average Bonchev–Trinajstić information content (AvgIpc) is 2.61. The van der Waals surface area contributed by atoms with E-state index >= 15 is 0 Å². The van der Waals surface area contributed by atoms with Crippen LogP contribution in [0.15, 0.2) is 0 Å². The molecule has 0 bridgehead atoms. The predicted molar refractivity (Wildman–Crippen MR) is 75.0 cm³/mol. The molecule has 0 aromatic carbocycles. The third-order valence-corrected chi connectivity index (χ3v) is 3.82. The molecule has 0 saturated carbocycles. The van der Waals surface area contributed by atoms with Crippen LogP contribution in [-0.4, -0.2) is 58.6 Å². The van der Waals surface area contributed by atoms with Gasteiger partial charge >= 0.3 is 0 Å². The molecule has 0 radical (unpaired) electrons. The van der Waals surface area contributed by atoms with Crippen LogP contribution in [0.3, 0.4) is 0 Å². The zero-order chi connectivity index (χ0) is 14.0. The molecule has 1 aliphatic heterocycles. The van der Waals surface area contributed by atoms with Crippen LogP contribution in [0.2, 0.25) is 0 Å². The van der Waals surface area contributed by atoms with E-state index < -0.39 is 0 Å². The van der Waals surface area contributed by atoms with E-state index in [1.165, 1.54) is 0 Å². The van der Waals surface area contributed by atoms with Gasteiger partial charge in [-0.15, -0.1) is 0 Å². The molecule has 6 heteroatoms. The van der Waals surface area contributed by atoms with Crippen molar-refractivity contribution in [2.45, 2.75) is 32.7 Å². The summed E-state index contributed by atoms with van der Waals surface area (Å²) in [4.78, 5) is 16.9. The highest BCUT2D eigenvalue weighted by molar-refractivity contribution is 5.99. The van der Waals surface area contributed by atoms with Crippen LogP contribution in [0.4, 0.5) is 5.82 Å². The second-order valence-electron chi connectivity index (χ2n) is 5.29. The van der Waals surface area contributed by atoms with Crippen LogP contribution >= 0.6 is 0 Å². The van der Waals surface area contributed by atoms with Gasteiger partial charge < -0.3 is 15.5 Å². The first-order valence-electron chi connectivity index (χ1n) is 6.84. The molecule has 19 heavy (non-hydrogen) atoms. The number of anilines is 1. The van der Waals surface area contributed by atoms with E-state index in [1.807, 2.05) is 11.8 Å². The summed E-state index contributed by atoms with van der Waals surface area (Å²) in [5.74, 6) is 0.306. The fourth-order valence-corrected chi connectivity index (χ4v) is 2.72. The van der Waals surface area contributed by atoms with Crippen molar-refractivity contribution in [3.63, 3.8) is 0 Å². The Hall–Kier alpha value is -1.56. The molecule has 1 amide bonds. The largest absolute Gasteiger partial charge is 0.382 e. The lowest BCUT2D eigenvalue weighted by Crippen LogP contribution is -2.43. The monoisotopic (exact) mass is 265 g/mol. The zero-order valence-electron chi connectivity index (χ0n) is 11.9. The van der Waals surface area contributed by atoms with Gasteiger partial charge in [-0.05, 0) is 33.4 Å². The number of nitrogens with two attached hydrogens (primary N) is 1. The number of carbonyl (C=O) groups excluding carboxylic acids is 1. The van der Waals surface area contributed by atoms with Crippen molar-refractivity contribution in [3.8, 4) is 0 Å². The van der Waals surface area contributed by atoms with Crippen LogP contribution in [0, 0.1) is 6.92 Å². The van der Waals surface area contributed by atoms with Gasteiger partial charge in [-0.2, -0.15) is 5.10 Å². The van der Waals surface area contributed by atoms with Crippen LogP contribution in [0.25, 0.3) is 0 Å². The van der Waals surface area contributed by atoms with Crippen LogP contribution in [-0.2, 0) is 0 Å². The minimum Gasteiger partial charge on any atom is -0.382 e. The van der Waals surface area contributed by atoms with Gasteiger partial charge in [0.2, 0.25) is 0 Å². The van der Waals surface area contributed by atoms with Gasteiger partial charge in [0.15, 0.2) is 5.82 Å². The molecule has 6 nitrogen and oxygen atoms in total. The molecule has 2 heterocycles. The van der Waals surface area contributed by atoms with E-state index in [0.717, 1.165) is 38.2 Å². The van der Waals surface area contributed by atoms with E-state index in [1.54, 1.807) is 0 Å². The maximum Gasteiger partial charge on any atom is 0.259 e. The number of hydrogen-bond acceptors (Lipinski definition) is 4. The number of carbonyl (C=O) groups is 1. The molecule has 1 saturated heterocycles. The van der Waals surface area contributed by atoms with E-state index in [-0.39, 0.29) is 11.9 Å². The SMILES string of the molecule is CCC1CN(C)CCCN1C(=O)c1c(N)n[nH]c1C. The topological polar surface area (TPSA) is 78.2 Å². The van der Waals surface area contributed by atoms with Gasteiger partial charge in [0, 0.05) is 24.8 Å². The third kappa shape index (κ3) is 2.73. The summed E-state index contributed by atoms with van der Waals surface area (Å²) in [6.45, 7) is 6.68. The number of nitrogen functional groups attached to an aromatic ring is 1. The van der Waals surface area contributed by atoms with Gasteiger partial charge in [0.05, 0.1) is 0 Å². The Morgan fingerprint density at radius 1 is 1.53 bits per heavy atom. The molecule has 1 aliphatic rings. The zero-order valence-corrected chi connectivity index (χ0v) is 11.9. The predicted octanol–water partition coefficient (Wildman–Crippen LogP) is 0.857. The normalized spacial score (nSPS) is 21.4. The average molecular weight is 265 g/mol. The summed E-state index contributed by atoms with van der Waals surface area (Å²) in [6, 6.07) is 0.244. The molecule has 1 fully saturated rings. The summed E-state index contributed by atoms with van der Waals surface area (Å²) < 4.78 is 0. The first-order valence-corrected chi connectivity index (χ1v) is 6.84. The summed E-state index contributed by atoms with van der Waals surface area (Å²) in [7, 11) is 2.11. The van der Waals surface area contributed by atoms with Crippen molar-refractivity contribution in [3.05, 3.63) is 11.3 Å². The highest BCUT2D eigenvalue weighted by Gasteiger charge is 2.29. The molecule has 0 aliphatic carbocycles. The third-order valence-electron chi connectivity index (χ3n) is 3.82. The molecule has 3 N–H and O–H groups in total. The lowest BCUT2D eigenvalue weighted by molar-refractivity contribution is 0.0676. The molecular weight excluding hydrogens is 242 g/mol. The van der Waals surface area contributed by atoms with Gasteiger partial charge in [0.25, 0.3) is 5.91 Å². The van der Waals surface area contributed by atoms with Crippen LogP contribution in [0.1, 0.15) is 35.8 Å². The number of aromatic amines is 1. The standard InChI is InChI=1S/C13H23N5O/c1-4-10-8-17(3)6-5-7-18(10)13(19)11-9(2)15-16-12(11)14/h10H,4-8H2,1-3H3,(H3,14,15,16). The second kappa shape index (κ2) is 5.61. The molecule has 1 atom stereocenters. The van der Waals surface area contributed by atoms with Gasteiger partial charge in [-0.25, -0.2) is 0 Å². The number of hydrogen-bond donors (Lipinski definition) is 2. The Morgan fingerprint density at radius 2 is 2.26 bits per heavy atom. The fourth-order valence-electron chi connectivity index (χ4n) is 2.72. The molecule has 2 rings (SSSR count). The number of likely N-dealkylation sites (N-methyl/N-ethyl adjacent to an activating group) is 1. The molecular formula is C13H23N5O. The maximum absolute atomic E-state index is 12.7. The maximum atomic E-state index is 12.7. The Bertz CT molecular complexity index is 436. The number of aryl methyl sites for hydroxylation is 1. The minimum absolute atomic E-state index is 0.00546. The number of aromatic nitrogens is 2. The van der Waals surface area contributed by atoms with Crippen molar-refractivity contribution in [2.24, 2.45) is 0 Å². The molecule has 106 valence electrons. The Kier molecular flexibility index (Phi) is 4.09. The molecule has 0 spiro atoms. The van der Waals surface area contributed by atoms with Crippen molar-refractivity contribution in [1.82, 2.24) is 20.0 Å². The highest BCUT2D eigenvalue weighted by atomic mass is 16.2. The lowest BCUT2D eigenvalue weighted by atomic mass is 10.1. The summed E-state index contributed by atoms with van der Waals surface area (Å²) >= 11 is 0. The van der Waals surface area contributed by atoms with Crippen LogP contribution in [0.5, 0.6) is 0 Å². The molecule has 1 aromatic heterocycles. The number of rotatable bonds is 2. The van der Waals surface area contributed by atoms with Crippen molar-refractivity contribution < 1.29 is 4.79 Å². The van der Waals surface area contributed by atoms with Crippen molar-refractivity contribution >= 4 is 11.7 Å². The number of amides is 1. The first-order chi connectivity index (χ1) is 9.04. The van der Waals surface area contributed by atoms with E-state index in [0.29, 0.717) is 11.4 Å². The minimum atomic E-state index is 0.00546. The Morgan fingerprint density at radius 3 is 2.84 bits per heavy atom. The van der Waals surface area contributed by atoms with E-state index in [2.05, 4.69) is 29.1 Å². The Labute approximate surface area is 113 Å². The Balaban J connectivity index is 2.25.